The van der Waals surface area contributed by atoms with Crippen LogP contribution in [0, 0.1) is 17.0 Å². The second-order valence-corrected chi connectivity index (χ2v) is 4.84. The zero-order valence-electron chi connectivity index (χ0n) is 12.5. The summed E-state index contributed by atoms with van der Waals surface area (Å²) in [7, 11) is 1.46. The molecule has 0 saturated carbocycles. The molecule has 23 heavy (non-hydrogen) atoms. The van der Waals surface area contributed by atoms with E-state index in [2.05, 4.69) is 10.5 Å². The lowest BCUT2D eigenvalue weighted by Crippen LogP contribution is -2.34. The van der Waals surface area contributed by atoms with Crippen molar-refractivity contribution in [2.75, 3.05) is 18.9 Å². The maximum absolute atomic E-state index is 12.2. The molecular formula is C14H14N4O5. The Morgan fingerprint density at radius 2 is 2.00 bits per heavy atom. The monoisotopic (exact) mass is 318 g/mol. The number of anilines is 1. The van der Waals surface area contributed by atoms with Crippen molar-refractivity contribution in [1.82, 2.24) is 10.1 Å². The number of non-ortho nitro benzene ring substituents is 1. The van der Waals surface area contributed by atoms with Crippen molar-refractivity contribution in [1.29, 1.82) is 0 Å². The predicted molar refractivity (Wildman–Crippen MR) is 79.9 cm³/mol. The van der Waals surface area contributed by atoms with Crippen LogP contribution in [0.3, 0.4) is 0 Å². The zero-order chi connectivity index (χ0) is 17.0. The van der Waals surface area contributed by atoms with E-state index in [0.717, 1.165) is 0 Å². The number of amides is 2. The molecule has 9 heteroatoms. The molecule has 0 saturated heterocycles. The third-order valence-corrected chi connectivity index (χ3v) is 2.95. The molecule has 0 bridgehead atoms. The Bertz CT molecular complexity index is 738. The van der Waals surface area contributed by atoms with Crippen molar-refractivity contribution in [3.8, 4) is 0 Å². The van der Waals surface area contributed by atoms with E-state index >= 15 is 0 Å². The van der Waals surface area contributed by atoms with Crippen molar-refractivity contribution in [2.24, 2.45) is 0 Å². The molecule has 0 unspecified atom stereocenters. The third-order valence-electron chi connectivity index (χ3n) is 2.95. The summed E-state index contributed by atoms with van der Waals surface area (Å²) in [5.74, 6) is -0.0401. The van der Waals surface area contributed by atoms with Crippen LogP contribution in [0.4, 0.5) is 11.5 Å². The highest BCUT2D eigenvalue weighted by atomic mass is 16.6. The van der Waals surface area contributed by atoms with Gasteiger partial charge in [0.25, 0.3) is 11.6 Å². The van der Waals surface area contributed by atoms with Crippen molar-refractivity contribution >= 4 is 23.3 Å². The molecule has 0 fully saturated rings. The molecule has 9 nitrogen and oxygen atoms in total. The molecule has 1 aromatic heterocycles. The van der Waals surface area contributed by atoms with E-state index in [1.165, 1.54) is 36.2 Å². The number of nitro benzene ring substituents is 1. The summed E-state index contributed by atoms with van der Waals surface area (Å²) in [6.45, 7) is 1.49. The predicted octanol–water partition coefficient (Wildman–Crippen LogP) is 1.60. The second-order valence-electron chi connectivity index (χ2n) is 4.84. The van der Waals surface area contributed by atoms with Gasteiger partial charge >= 0.3 is 0 Å². The zero-order valence-corrected chi connectivity index (χ0v) is 12.5. The van der Waals surface area contributed by atoms with Gasteiger partial charge in [-0.3, -0.25) is 19.7 Å². The topological polar surface area (TPSA) is 119 Å². The summed E-state index contributed by atoms with van der Waals surface area (Å²) in [5, 5.41) is 16.7. The maximum atomic E-state index is 12.2. The molecule has 2 rings (SSSR count). The molecule has 1 heterocycles. The number of hydrogen-bond donors (Lipinski definition) is 1. The molecular weight excluding hydrogens is 304 g/mol. The summed E-state index contributed by atoms with van der Waals surface area (Å²) in [6, 6.07) is 6.71. The number of nitro groups is 1. The van der Waals surface area contributed by atoms with E-state index in [1.54, 1.807) is 13.0 Å². The van der Waals surface area contributed by atoms with Crippen molar-refractivity contribution in [3.63, 3.8) is 0 Å². The first kappa shape index (κ1) is 16.1. The van der Waals surface area contributed by atoms with E-state index in [4.69, 9.17) is 4.52 Å². The van der Waals surface area contributed by atoms with E-state index in [0.29, 0.717) is 5.76 Å². The number of aromatic nitrogens is 1. The Hall–Kier alpha value is -3.23. The van der Waals surface area contributed by atoms with Gasteiger partial charge in [-0.05, 0) is 19.1 Å². The molecule has 0 aliphatic heterocycles. The van der Waals surface area contributed by atoms with Gasteiger partial charge in [0, 0.05) is 30.8 Å². The van der Waals surface area contributed by atoms with Crippen LogP contribution in [0.1, 0.15) is 16.1 Å². The first-order valence-electron chi connectivity index (χ1n) is 6.60. The van der Waals surface area contributed by atoms with Crippen LogP contribution in [-0.2, 0) is 4.79 Å². The minimum atomic E-state index is -0.550. The molecule has 1 aromatic carbocycles. The lowest BCUT2D eigenvalue weighted by atomic mass is 10.2. The van der Waals surface area contributed by atoms with Gasteiger partial charge in [0.2, 0.25) is 5.91 Å². The molecule has 2 amide bonds. The van der Waals surface area contributed by atoms with Crippen molar-refractivity contribution in [2.45, 2.75) is 6.92 Å². The first-order chi connectivity index (χ1) is 10.9. The van der Waals surface area contributed by atoms with Crippen LogP contribution in [-0.4, -0.2) is 40.4 Å². The fraction of sp³-hybridized carbons (Fsp3) is 0.214. The Morgan fingerprint density at radius 3 is 2.52 bits per heavy atom. The highest BCUT2D eigenvalue weighted by molar-refractivity contribution is 5.99. The average Bonchev–Trinajstić information content (AvgIpc) is 2.91. The Morgan fingerprint density at radius 1 is 1.35 bits per heavy atom. The number of aryl methyl sites for hydroxylation is 1. The van der Waals surface area contributed by atoms with Crippen LogP contribution < -0.4 is 5.32 Å². The number of nitrogens with zero attached hydrogens (tertiary/aromatic N) is 3. The summed E-state index contributed by atoms with van der Waals surface area (Å²) in [5.41, 5.74) is 0.145. The summed E-state index contributed by atoms with van der Waals surface area (Å²) < 4.78 is 4.82. The molecule has 0 aliphatic carbocycles. The van der Waals surface area contributed by atoms with Gasteiger partial charge < -0.3 is 14.7 Å². The molecule has 2 aromatic rings. The van der Waals surface area contributed by atoms with Crippen LogP contribution in [0.5, 0.6) is 0 Å². The molecule has 0 radical (unpaired) electrons. The average molecular weight is 318 g/mol. The number of likely N-dealkylation sites (N-methyl/N-ethyl adjacent to an activating group) is 1. The van der Waals surface area contributed by atoms with Gasteiger partial charge in [0.15, 0.2) is 5.82 Å². The lowest BCUT2D eigenvalue weighted by molar-refractivity contribution is -0.384. The van der Waals surface area contributed by atoms with Crippen LogP contribution in [0.2, 0.25) is 0 Å². The van der Waals surface area contributed by atoms with Gasteiger partial charge in [-0.2, -0.15) is 0 Å². The molecule has 0 spiro atoms. The first-order valence-corrected chi connectivity index (χ1v) is 6.60. The Labute approximate surface area is 131 Å². The minimum absolute atomic E-state index is 0.108. The summed E-state index contributed by atoms with van der Waals surface area (Å²) in [6.07, 6.45) is 0. The number of carbonyl (C=O) groups excluding carboxylic acids is 2. The highest BCUT2D eigenvalue weighted by Crippen LogP contribution is 2.13. The lowest BCUT2D eigenvalue weighted by Gasteiger charge is -2.16. The molecule has 1 N–H and O–H groups in total. The number of benzene rings is 1. The number of carbonyl (C=O) groups is 2. The van der Waals surface area contributed by atoms with Gasteiger partial charge in [-0.25, -0.2) is 0 Å². The third kappa shape index (κ3) is 4.13. The van der Waals surface area contributed by atoms with Gasteiger partial charge in [0.05, 0.1) is 11.5 Å². The van der Waals surface area contributed by atoms with Gasteiger partial charge in [0.1, 0.15) is 5.76 Å². The largest absolute Gasteiger partial charge is 0.360 e. The fourth-order valence-electron chi connectivity index (χ4n) is 1.84. The van der Waals surface area contributed by atoms with E-state index in [9.17, 15) is 19.7 Å². The number of hydrogen-bond acceptors (Lipinski definition) is 6. The fourth-order valence-corrected chi connectivity index (χ4v) is 1.84. The van der Waals surface area contributed by atoms with Gasteiger partial charge in [-0.1, -0.05) is 5.16 Å². The Balaban J connectivity index is 1.96. The van der Waals surface area contributed by atoms with Crippen molar-refractivity contribution < 1.29 is 19.0 Å². The molecule has 0 atom stereocenters. The molecule has 0 aliphatic rings. The van der Waals surface area contributed by atoms with Gasteiger partial charge in [-0.15, -0.1) is 0 Å². The van der Waals surface area contributed by atoms with Crippen molar-refractivity contribution in [3.05, 3.63) is 51.8 Å². The second kappa shape index (κ2) is 6.69. The van der Waals surface area contributed by atoms with E-state index < -0.39 is 16.7 Å². The minimum Gasteiger partial charge on any atom is -0.360 e. The van der Waals surface area contributed by atoms with Crippen LogP contribution in [0.15, 0.2) is 34.9 Å². The quantitative estimate of drug-likeness (QED) is 0.660. The highest BCUT2D eigenvalue weighted by Gasteiger charge is 2.17. The number of nitrogens with one attached hydrogen (secondary N) is 1. The Kier molecular flexibility index (Phi) is 4.69. The van der Waals surface area contributed by atoms with E-state index in [1.807, 2.05) is 0 Å². The maximum Gasteiger partial charge on any atom is 0.269 e. The summed E-state index contributed by atoms with van der Waals surface area (Å²) in [4.78, 5) is 35.2. The van der Waals surface area contributed by atoms with Crippen LogP contribution >= 0.6 is 0 Å². The normalized spacial score (nSPS) is 10.2. The number of rotatable bonds is 5. The van der Waals surface area contributed by atoms with Crippen LogP contribution in [0.25, 0.3) is 0 Å². The van der Waals surface area contributed by atoms with E-state index in [-0.39, 0.29) is 23.6 Å². The standard InChI is InChI=1S/C14H14N4O5/c1-9-7-12(16-23-9)15-13(19)8-17(2)14(20)10-3-5-11(6-4-10)18(21)22/h3-7H,8H2,1-2H3,(H,15,16,19). The SMILES string of the molecule is Cc1cc(NC(=O)CN(C)C(=O)c2ccc([N+](=O)[O-])cc2)no1. The molecule has 120 valence electrons. The summed E-state index contributed by atoms with van der Waals surface area (Å²) >= 11 is 0. The smallest absolute Gasteiger partial charge is 0.269 e.